The summed E-state index contributed by atoms with van der Waals surface area (Å²) < 4.78 is 1.60. The minimum atomic E-state index is 0. The highest BCUT2D eigenvalue weighted by molar-refractivity contribution is 5.08. The third-order valence-corrected chi connectivity index (χ3v) is 1.34. The van der Waals surface area contributed by atoms with E-state index >= 15 is 0 Å². The van der Waals surface area contributed by atoms with E-state index in [0.717, 1.165) is 5.69 Å². The van der Waals surface area contributed by atoms with Gasteiger partial charge in [-0.05, 0) is 12.5 Å². The van der Waals surface area contributed by atoms with Crippen LogP contribution in [0, 0.1) is 13.8 Å². The Labute approximate surface area is 78.0 Å². The molecular weight excluding hydrogens is 239 g/mol. The molecule has 1 aromatic rings. The van der Waals surface area contributed by atoms with Gasteiger partial charge in [0.25, 0.3) is 0 Å². The summed E-state index contributed by atoms with van der Waals surface area (Å²) in [7, 11) is 0. The zero-order valence-electron chi connectivity index (χ0n) is 6.13. The van der Waals surface area contributed by atoms with E-state index in [-0.39, 0.29) is 24.0 Å². The number of hydrogen-bond donors (Lipinski definition) is 1. The molecule has 0 radical (unpaired) electrons. The van der Waals surface area contributed by atoms with Gasteiger partial charge in [0.05, 0.1) is 0 Å². The van der Waals surface area contributed by atoms with Crippen LogP contribution in [0.5, 0.6) is 0 Å². The van der Waals surface area contributed by atoms with Crippen LogP contribution in [0.3, 0.4) is 0 Å². The molecule has 3 heteroatoms. The van der Waals surface area contributed by atoms with E-state index in [1.54, 1.807) is 4.68 Å². The van der Waals surface area contributed by atoms with Crippen LogP contribution in [-0.4, -0.2) is 0 Å². The van der Waals surface area contributed by atoms with Gasteiger partial charge in [-0.25, -0.2) is 5.84 Å². The first kappa shape index (κ1) is 9.68. The van der Waals surface area contributed by atoms with Gasteiger partial charge in [-0.15, -0.1) is 0 Å². The monoisotopic (exact) mass is 250 g/mol. The molecule has 0 aliphatic rings. The number of aryl methyl sites for hydroxylation is 2. The minimum absolute atomic E-state index is 0. The fraction of sp³-hybridized carbons (Fsp3) is 0.286. The highest BCUT2D eigenvalue weighted by Crippen LogP contribution is 1.93. The van der Waals surface area contributed by atoms with E-state index in [4.69, 9.17) is 5.84 Å². The summed E-state index contributed by atoms with van der Waals surface area (Å²) in [6.45, 7) is 4.03. The van der Waals surface area contributed by atoms with Crippen LogP contribution in [0.1, 0.15) is 11.3 Å². The van der Waals surface area contributed by atoms with Crippen LogP contribution in [0.15, 0.2) is 18.3 Å². The van der Waals surface area contributed by atoms with Crippen LogP contribution < -0.4 is 34.5 Å². The maximum absolute atomic E-state index is 5.51. The fourth-order valence-corrected chi connectivity index (χ4v) is 0.768. The molecule has 0 saturated heterocycles. The van der Waals surface area contributed by atoms with Crippen molar-refractivity contribution in [2.75, 3.05) is 5.84 Å². The molecule has 1 aromatic heterocycles. The molecular formula is C7H11IN2. The second kappa shape index (κ2) is 3.75. The lowest BCUT2D eigenvalue weighted by atomic mass is 10.2. The molecule has 0 atom stereocenters. The van der Waals surface area contributed by atoms with Crippen molar-refractivity contribution in [1.29, 1.82) is 0 Å². The first-order chi connectivity index (χ1) is 4.20. The first-order valence-corrected chi connectivity index (χ1v) is 2.94. The number of aromatic nitrogens is 1. The smallest absolute Gasteiger partial charge is 0.208 e. The zero-order chi connectivity index (χ0) is 6.85. The lowest BCUT2D eigenvalue weighted by Crippen LogP contribution is -3.00. The molecule has 0 bridgehead atoms. The van der Waals surface area contributed by atoms with Gasteiger partial charge < -0.3 is 24.0 Å². The van der Waals surface area contributed by atoms with Crippen LogP contribution in [0.25, 0.3) is 0 Å². The molecule has 2 N–H and O–H groups in total. The molecule has 1 rings (SSSR count). The first-order valence-electron chi connectivity index (χ1n) is 2.94. The third-order valence-electron chi connectivity index (χ3n) is 1.34. The Morgan fingerprint density at radius 1 is 1.40 bits per heavy atom. The average molecular weight is 250 g/mol. The molecule has 0 aliphatic heterocycles. The molecule has 1 heterocycles. The summed E-state index contributed by atoms with van der Waals surface area (Å²) in [5.74, 6) is 5.51. The van der Waals surface area contributed by atoms with Crippen LogP contribution in [-0.2, 0) is 0 Å². The number of pyridine rings is 1. The Balaban J connectivity index is 0.000000810. The Morgan fingerprint density at radius 3 is 2.40 bits per heavy atom. The largest absolute Gasteiger partial charge is 1.00 e. The number of halogens is 1. The van der Waals surface area contributed by atoms with Gasteiger partial charge in [0.1, 0.15) is 0 Å². The predicted octanol–water partition coefficient (Wildman–Crippen LogP) is -2.69. The van der Waals surface area contributed by atoms with E-state index in [2.05, 4.69) is 0 Å². The standard InChI is InChI=1S/C7H11N2.HI/c1-6-3-4-9(8)7(2)5-6;/h3-5H,8H2,1-2H3;1H/q+1;/p-1. The van der Waals surface area contributed by atoms with E-state index < -0.39 is 0 Å². The Morgan fingerprint density at radius 2 is 2.00 bits per heavy atom. The van der Waals surface area contributed by atoms with Crippen molar-refractivity contribution < 1.29 is 28.7 Å². The minimum Gasteiger partial charge on any atom is -1.00 e. The molecule has 0 fully saturated rings. The van der Waals surface area contributed by atoms with E-state index in [1.807, 2.05) is 32.2 Å². The molecule has 0 aliphatic carbocycles. The second-order valence-electron chi connectivity index (χ2n) is 2.25. The normalized spacial score (nSPS) is 8.60. The Kier molecular flexibility index (Phi) is 3.63. The zero-order valence-corrected chi connectivity index (χ0v) is 8.29. The topological polar surface area (TPSA) is 29.9 Å². The van der Waals surface area contributed by atoms with Crippen LogP contribution in [0.4, 0.5) is 0 Å². The molecule has 2 nitrogen and oxygen atoms in total. The summed E-state index contributed by atoms with van der Waals surface area (Å²) in [5.41, 5.74) is 2.32. The molecule has 0 saturated carbocycles. The van der Waals surface area contributed by atoms with Gasteiger partial charge in [-0.1, -0.05) is 4.68 Å². The molecule has 0 aromatic carbocycles. The molecule has 0 unspecified atom stereocenters. The van der Waals surface area contributed by atoms with E-state index in [1.165, 1.54) is 5.56 Å². The third kappa shape index (κ3) is 2.13. The van der Waals surface area contributed by atoms with Gasteiger partial charge in [-0.2, -0.15) is 0 Å². The summed E-state index contributed by atoms with van der Waals surface area (Å²) >= 11 is 0. The molecule has 0 amide bonds. The fourth-order valence-electron chi connectivity index (χ4n) is 0.768. The second-order valence-corrected chi connectivity index (χ2v) is 2.25. The summed E-state index contributed by atoms with van der Waals surface area (Å²) in [6, 6.07) is 4.02. The van der Waals surface area contributed by atoms with Crippen molar-refractivity contribution in [1.82, 2.24) is 0 Å². The average Bonchev–Trinajstić information content (AvgIpc) is 1.80. The predicted molar refractivity (Wildman–Crippen MR) is 36.3 cm³/mol. The summed E-state index contributed by atoms with van der Waals surface area (Å²) in [6.07, 6.45) is 1.85. The summed E-state index contributed by atoms with van der Waals surface area (Å²) in [4.78, 5) is 0. The van der Waals surface area contributed by atoms with E-state index in [0.29, 0.717) is 0 Å². The highest BCUT2D eigenvalue weighted by Gasteiger charge is 1.98. The van der Waals surface area contributed by atoms with Crippen molar-refractivity contribution >= 4 is 0 Å². The maximum atomic E-state index is 5.51. The maximum Gasteiger partial charge on any atom is 0.208 e. The van der Waals surface area contributed by atoms with Crippen molar-refractivity contribution in [3.05, 3.63) is 29.6 Å². The van der Waals surface area contributed by atoms with Crippen molar-refractivity contribution in [3.63, 3.8) is 0 Å². The summed E-state index contributed by atoms with van der Waals surface area (Å²) in [5, 5.41) is 0. The molecule has 10 heavy (non-hydrogen) atoms. The van der Waals surface area contributed by atoms with Gasteiger partial charge in [0.15, 0.2) is 6.20 Å². The SMILES string of the molecule is Cc1cc[n+](N)c(C)c1.[I-]. The van der Waals surface area contributed by atoms with Gasteiger partial charge >= 0.3 is 0 Å². The van der Waals surface area contributed by atoms with Crippen LogP contribution >= 0.6 is 0 Å². The van der Waals surface area contributed by atoms with Gasteiger partial charge in [0, 0.05) is 19.1 Å². The Hall–Kier alpha value is -0.320. The van der Waals surface area contributed by atoms with Gasteiger partial charge in [-0.3, -0.25) is 0 Å². The van der Waals surface area contributed by atoms with Gasteiger partial charge in [0.2, 0.25) is 5.69 Å². The number of nitrogens with two attached hydrogens (primary N) is 1. The number of rotatable bonds is 0. The number of nitrogen functional groups attached to an aromatic ring is 1. The lowest BCUT2D eigenvalue weighted by molar-refractivity contribution is -0.645. The molecule has 56 valence electrons. The van der Waals surface area contributed by atoms with E-state index in [9.17, 15) is 0 Å². The van der Waals surface area contributed by atoms with Crippen LogP contribution in [0.2, 0.25) is 0 Å². The van der Waals surface area contributed by atoms with Crippen molar-refractivity contribution in [3.8, 4) is 0 Å². The lowest BCUT2D eigenvalue weighted by Gasteiger charge is -1.91. The number of hydrogen-bond acceptors (Lipinski definition) is 1. The number of nitrogens with zero attached hydrogens (tertiary/aromatic N) is 1. The Bertz CT molecular complexity index is 223. The van der Waals surface area contributed by atoms with Crippen molar-refractivity contribution in [2.45, 2.75) is 13.8 Å². The van der Waals surface area contributed by atoms with Crippen molar-refractivity contribution in [2.24, 2.45) is 0 Å². The quantitative estimate of drug-likeness (QED) is 0.303. The highest BCUT2D eigenvalue weighted by atomic mass is 127. The molecule has 0 spiro atoms.